The SMILES string of the molecule is CCCCCCn1c(O)c(C(=O)C(C)Oc2ccc(C)c(C)c2)c(C)c(C#N)c1=O. The molecule has 1 aromatic heterocycles. The number of pyridine rings is 1. The fraction of sp³-hybridized carbons (Fsp3) is 0.458. The second-order valence-corrected chi connectivity index (χ2v) is 7.70. The van der Waals surface area contributed by atoms with Gasteiger partial charge >= 0.3 is 0 Å². The number of Topliss-reactive ketones (excluding diaryl/α,β-unsaturated/α-hetero) is 1. The Hall–Kier alpha value is -3.07. The number of nitrogens with zero attached hydrogens (tertiary/aromatic N) is 2. The van der Waals surface area contributed by atoms with E-state index in [1.54, 1.807) is 13.0 Å². The lowest BCUT2D eigenvalue weighted by Crippen LogP contribution is -2.31. The van der Waals surface area contributed by atoms with Gasteiger partial charge in [0.1, 0.15) is 17.4 Å². The van der Waals surface area contributed by atoms with Gasteiger partial charge in [0.25, 0.3) is 5.56 Å². The molecule has 2 rings (SSSR count). The minimum absolute atomic E-state index is 0.0297. The monoisotopic (exact) mass is 410 g/mol. The molecule has 2 aromatic rings. The lowest BCUT2D eigenvalue weighted by molar-refractivity contribution is 0.0812. The number of hydrogen-bond acceptors (Lipinski definition) is 5. The summed E-state index contributed by atoms with van der Waals surface area (Å²) >= 11 is 0. The number of aryl methyl sites for hydroxylation is 2. The molecule has 1 unspecified atom stereocenters. The van der Waals surface area contributed by atoms with Crippen molar-refractivity contribution in [1.29, 1.82) is 5.26 Å². The van der Waals surface area contributed by atoms with E-state index in [1.165, 1.54) is 6.92 Å². The Morgan fingerprint density at radius 1 is 1.20 bits per heavy atom. The zero-order chi connectivity index (χ0) is 22.4. The maximum atomic E-state index is 13.1. The molecule has 1 atom stereocenters. The second-order valence-electron chi connectivity index (χ2n) is 7.70. The lowest BCUT2D eigenvalue weighted by atomic mass is 9.99. The zero-order valence-corrected chi connectivity index (χ0v) is 18.4. The number of unbranched alkanes of at least 4 members (excludes halogenated alkanes) is 3. The van der Waals surface area contributed by atoms with Gasteiger partial charge in [-0.3, -0.25) is 14.2 Å². The molecule has 0 aliphatic heterocycles. The van der Waals surface area contributed by atoms with E-state index in [1.807, 2.05) is 32.0 Å². The highest BCUT2D eigenvalue weighted by Gasteiger charge is 2.28. The van der Waals surface area contributed by atoms with Gasteiger partial charge in [0, 0.05) is 6.54 Å². The van der Waals surface area contributed by atoms with Crippen LogP contribution in [0.5, 0.6) is 11.6 Å². The van der Waals surface area contributed by atoms with Crippen molar-refractivity contribution in [3.8, 4) is 17.7 Å². The van der Waals surface area contributed by atoms with Crippen LogP contribution in [0.1, 0.15) is 72.1 Å². The van der Waals surface area contributed by atoms with Crippen molar-refractivity contribution in [2.75, 3.05) is 0 Å². The van der Waals surface area contributed by atoms with Gasteiger partial charge in [-0.25, -0.2) is 0 Å². The van der Waals surface area contributed by atoms with Crippen LogP contribution in [0.2, 0.25) is 0 Å². The van der Waals surface area contributed by atoms with Crippen molar-refractivity contribution in [2.45, 2.75) is 73.0 Å². The highest BCUT2D eigenvalue weighted by molar-refractivity contribution is 6.03. The van der Waals surface area contributed by atoms with Crippen molar-refractivity contribution in [1.82, 2.24) is 4.57 Å². The third-order valence-corrected chi connectivity index (χ3v) is 5.44. The largest absolute Gasteiger partial charge is 0.494 e. The molecule has 30 heavy (non-hydrogen) atoms. The first-order valence-corrected chi connectivity index (χ1v) is 10.4. The summed E-state index contributed by atoms with van der Waals surface area (Å²) < 4.78 is 6.94. The molecule has 0 amide bonds. The van der Waals surface area contributed by atoms with Crippen LogP contribution in [0.4, 0.5) is 0 Å². The molecule has 6 heteroatoms. The summed E-state index contributed by atoms with van der Waals surface area (Å²) in [7, 11) is 0. The summed E-state index contributed by atoms with van der Waals surface area (Å²) in [5.74, 6) is -0.319. The van der Waals surface area contributed by atoms with Gasteiger partial charge in [-0.2, -0.15) is 5.26 Å². The van der Waals surface area contributed by atoms with E-state index in [9.17, 15) is 20.0 Å². The van der Waals surface area contributed by atoms with Gasteiger partial charge in [-0.15, -0.1) is 0 Å². The van der Waals surface area contributed by atoms with Crippen molar-refractivity contribution in [3.63, 3.8) is 0 Å². The van der Waals surface area contributed by atoms with E-state index in [0.29, 0.717) is 12.2 Å². The number of nitriles is 1. The smallest absolute Gasteiger partial charge is 0.271 e. The fourth-order valence-electron chi connectivity index (χ4n) is 3.40. The molecular weight excluding hydrogens is 380 g/mol. The van der Waals surface area contributed by atoms with Crippen molar-refractivity contribution >= 4 is 5.78 Å². The third-order valence-electron chi connectivity index (χ3n) is 5.44. The molecule has 0 saturated heterocycles. The molecule has 1 aromatic carbocycles. The number of carbonyl (C=O) groups excluding carboxylic acids is 1. The number of rotatable bonds is 9. The number of aromatic nitrogens is 1. The molecule has 0 bridgehead atoms. The molecule has 160 valence electrons. The summed E-state index contributed by atoms with van der Waals surface area (Å²) in [6, 6.07) is 7.44. The average molecular weight is 411 g/mol. The molecule has 0 radical (unpaired) electrons. The number of aromatic hydroxyl groups is 1. The molecule has 0 aliphatic rings. The predicted octanol–water partition coefficient (Wildman–Crippen LogP) is 4.58. The Morgan fingerprint density at radius 3 is 2.50 bits per heavy atom. The molecular formula is C24H30N2O4. The maximum Gasteiger partial charge on any atom is 0.271 e. The molecule has 0 aliphatic carbocycles. The molecule has 0 spiro atoms. The Kier molecular flexibility index (Phi) is 7.82. The van der Waals surface area contributed by atoms with Gasteiger partial charge in [-0.05, 0) is 62.9 Å². The van der Waals surface area contributed by atoms with Crippen LogP contribution in [0, 0.1) is 32.1 Å². The summed E-state index contributed by atoms with van der Waals surface area (Å²) in [4.78, 5) is 25.8. The van der Waals surface area contributed by atoms with Crippen molar-refractivity contribution < 1.29 is 14.6 Å². The van der Waals surface area contributed by atoms with Crippen LogP contribution >= 0.6 is 0 Å². The molecule has 6 nitrogen and oxygen atoms in total. The van der Waals surface area contributed by atoms with Crippen LogP contribution < -0.4 is 10.3 Å². The standard InChI is InChI=1S/C24H30N2O4/c1-6-7-8-9-12-26-23(28)20(14-25)17(4)21(24(26)29)22(27)18(5)30-19-11-10-15(2)16(3)13-19/h10-11,13,18,29H,6-9,12H2,1-5H3. The first kappa shape index (κ1) is 23.2. The van der Waals surface area contributed by atoms with Crippen LogP contribution in [-0.2, 0) is 6.54 Å². The van der Waals surface area contributed by atoms with Gasteiger partial charge < -0.3 is 9.84 Å². The number of ether oxygens (including phenoxy) is 1. The third kappa shape index (κ3) is 4.91. The Balaban J connectivity index is 2.40. The molecule has 1 heterocycles. The minimum Gasteiger partial charge on any atom is -0.494 e. The summed E-state index contributed by atoms with van der Waals surface area (Å²) in [6.45, 7) is 9.39. The van der Waals surface area contributed by atoms with Gasteiger partial charge in [-0.1, -0.05) is 32.3 Å². The number of carbonyl (C=O) groups is 1. The summed E-state index contributed by atoms with van der Waals surface area (Å²) in [5.41, 5.74) is 1.62. The Labute approximate surface area is 177 Å². The number of benzene rings is 1. The number of hydrogen-bond donors (Lipinski definition) is 1. The second kappa shape index (κ2) is 10.1. The van der Waals surface area contributed by atoms with Crippen LogP contribution in [0.15, 0.2) is 23.0 Å². The van der Waals surface area contributed by atoms with E-state index in [0.717, 1.165) is 35.0 Å². The zero-order valence-electron chi connectivity index (χ0n) is 18.4. The van der Waals surface area contributed by atoms with Crippen molar-refractivity contribution in [2.24, 2.45) is 0 Å². The summed E-state index contributed by atoms with van der Waals surface area (Å²) in [6.07, 6.45) is 2.73. The van der Waals surface area contributed by atoms with Crippen LogP contribution in [-0.4, -0.2) is 21.6 Å². The summed E-state index contributed by atoms with van der Waals surface area (Å²) in [5, 5.41) is 20.2. The van der Waals surface area contributed by atoms with Gasteiger partial charge in [0.05, 0.1) is 5.56 Å². The van der Waals surface area contributed by atoms with E-state index < -0.39 is 23.3 Å². The first-order chi connectivity index (χ1) is 14.2. The topological polar surface area (TPSA) is 92.3 Å². The Bertz CT molecular complexity index is 1030. The van der Waals surface area contributed by atoms with Crippen LogP contribution in [0.3, 0.4) is 0 Å². The lowest BCUT2D eigenvalue weighted by Gasteiger charge is -2.19. The minimum atomic E-state index is -0.894. The van der Waals surface area contributed by atoms with Crippen molar-refractivity contribution in [3.05, 3.63) is 56.4 Å². The van der Waals surface area contributed by atoms with E-state index >= 15 is 0 Å². The average Bonchev–Trinajstić information content (AvgIpc) is 2.70. The highest BCUT2D eigenvalue weighted by atomic mass is 16.5. The normalized spacial score (nSPS) is 11.7. The molecule has 0 saturated carbocycles. The maximum absolute atomic E-state index is 13.1. The van der Waals surface area contributed by atoms with E-state index in [-0.39, 0.29) is 23.2 Å². The first-order valence-electron chi connectivity index (χ1n) is 10.4. The Morgan fingerprint density at radius 2 is 1.90 bits per heavy atom. The van der Waals surface area contributed by atoms with Gasteiger partial charge in [0.15, 0.2) is 6.10 Å². The predicted molar refractivity (Wildman–Crippen MR) is 116 cm³/mol. The van der Waals surface area contributed by atoms with Gasteiger partial charge in [0.2, 0.25) is 11.7 Å². The highest BCUT2D eigenvalue weighted by Crippen LogP contribution is 2.26. The van der Waals surface area contributed by atoms with Crippen LogP contribution in [0.25, 0.3) is 0 Å². The molecule has 1 N–H and O–H groups in total. The molecule has 0 fully saturated rings. The van der Waals surface area contributed by atoms with E-state index in [2.05, 4.69) is 6.92 Å². The quantitative estimate of drug-likeness (QED) is 0.482. The van der Waals surface area contributed by atoms with E-state index in [4.69, 9.17) is 4.74 Å². The fourth-order valence-corrected chi connectivity index (χ4v) is 3.40. The number of ketones is 1.